The van der Waals surface area contributed by atoms with Crippen molar-refractivity contribution in [3.8, 4) is 0 Å². The summed E-state index contributed by atoms with van der Waals surface area (Å²) >= 11 is 0. The van der Waals surface area contributed by atoms with Crippen LogP contribution in [-0.2, 0) is 4.74 Å². The highest BCUT2D eigenvalue weighted by atomic mass is 19.1. The van der Waals surface area contributed by atoms with Gasteiger partial charge in [-0.1, -0.05) is 13.8 Å². The number of alkyl halides is 1. The normalized spacial score (nSPS) is 11.0. The third-order valence-electron chi connectivity index (χ3n) is 1.44. The lowest BCUT2D eigenvalue weighted by Gasteiger charge is -2.07. The summed E-state index contributed by atoms with van der Waals surface area (Å²) in [5, 5.41) is 3.28. The number of rotatable bonds is 8. The Morgan fingerprint density at radius 3 is 2.50 bits per heavy atom. The fraction of sp³-hybridized carbons (Fsp3) is 1.00. The molecule has 3 heteroatoms. The van der Waals surface area contributed by atoms with E-state index >= 15 is 0 Å². The van der Waals surface area contributed by atoms with E-state index in [0.717, 1.165) is 19.6 Å². The van der Waals surface area contributed by atoms with E-state index in [1.165, 1.54) is 0 Å². The van der Waals surface area contributed by atoms with E-state index in [9.17, 15) is 4.39 Å². The van der Waals surface area contributed by atoms with Crippen LogP contribution in [0.25, 0.3) is 0 Å². The van der Waals surface area contributed by atoms with E-state index in [-0.39, 0.29) is 6.67 Å². The minimum atomic E-state index is -0.274. The molecule has 74 valence electrons. The van der Waals surface area contributed by atoms with Crippen LogP contribution in [0.2, 0.25) is 0 Å². The average Bonchev–Trinajstić information content (AvgIpc) is 2.02. The van der Waals surface area contributed by atoms with Crippen molar-refractivity contribution in [2.45, 2.75) is 32.7 Å². The molecule has 0 saturated heterocycles. The molecular weight excluding hydrogens is 157 g/mol. The molecule has 0 heterocycles. The summed E-state index contributed by atoms with van der Waals surface area (Å²) in [7, 11) is 0. The summed E-state index contributed by atoms with van der Waals surface area (Å²) in [5.41, 5.74) is 0. The molecule has 0 aliphatic rings. The quantitative estimate of drug-likeness (QED) is 0.570. The van der Waals surface area contributed by atoms with Crippen LogP contribution in [0.3, 0.4) is 0 Å². The highest BCUT2D eigenvalue weighted by Gasteiger charge is 1.92. The number of hydrogen-bond acceptors (Lipinski definition) is 2. The first kappa shape index (κ1) is 11.8. The first-order valence-corrected chi connectivity index (χ1v) is 4.64. The lowest BCUT2D eigenvalue weighted by atomic mass is 10.3. The lowest BCUT2D eigenvalue weighted by Crippen LogP contribution is -2.24. The molecule has 0 unspecified atom stereocenters. The molecule has 0 bridgehead atoms. The van der Waals surface area contributed by atoms with Crippen LogP contribution in [-0.4, -0.2) is 32.5 Å². The van der Waals surface area contributed by atoms with Gasteiger partial charge < -0.3 is 10.1 Å². The van der Waals surface area contributed by atoms with Crippen molar-refractivity contribution in [3.05, 3.63) is 0 Å². The molecule has 2 nitrogen and oxygen atoms in total. The Balaban J connectivity index is 2.82. The second-order valence-corrected chi connectivity index (χ2v) is 3.12. The van der Waals surface area contributed by atoms with Crippen molar-refractivity contribution >= 4 is 0 Å². The minimum Gasteiger partial charge on any atom is -0.381 e. The van der Waals surface area contributed by atoms with Gasteiger partial charge in [0.2, 0.25) is 0 Å². The van der Waals surface area contributed by atoms with Gasteiger partial charge in [0.15, 0.2) is 0 Å². The van der Waals surface area contributed by atoms with E-state index in [1.54, 1.807) is 0 Å². The zero-order chi connectivity index (χ0) is 9.23. The topological polar surface area (TPSA) is 21.3 Å². The molecule has 0 amide bonds. The first-order chi connectivity index (χ1) is 5.77. The second kappa shape index (κ2) is 8.94. The molecule has 0 aromatic carbocycles. The molecule has 0 spiro atoms. The maximum Gasteiger partial charge on any atom is 0.0916 e. The van der Waals surface area contributed by atoms with Crippen LogP contribution in [0.4, 0.5) is 4.39 Å². The van der Waals surface area contributed by atoms with Gasteiger partial charge in [-0.05, 0) is 19.4 Å². The van der Waals surface area contributed by atoms with Gasteiger partial charge in [-0.25, -0.2) is 0 Å². The van der Waals surface area contributed by atoms with Crippen molar-refractivity contribution in [2.75, 3.05) is 26.4 Å². The highest BCUT2D eigenvalue weighted by molar-refractivity contribution is 4.51. The molecule has 0 aliphatic carbocycles. The molecular formula is C9H20FNO. The summed E-state index contributed by atoms with van der Waals surface area (Å²) in [4.78, 5) is 0. The molecule has 0 rings (SSSR count). The van der Waals surface area contributed by atoms with Gasteiger partial charge in [-0.15, -0.1) is 0 Å². The standard InChI is InChI=1S/C9H20FNO/c1-9(2)11-6-4-8-12-7-3-5-10/h9,11H,3-8H2,1-2H3. The molecule has 0 aromatic heterocycles. The van der Waals surface area contributed by atoms with Gasteiger partial charge >= 0.3 is 0 Å². The maximum absolute atomic E-state index is 11.6. The Morgan fingerprint density at radius 1 is 1.25 bits per heavy atom. The van der Waals surface area contributed by atoms with Crippen molar-refractivity contribution in [1.29, 1.82) is 0 Å². The van der Waals surface area contributed by atoms with Crippen LogP contribution in [0.1, 0.15) is 26.7 Å². The summed E-state index contributed by atoms with van der Waals surface area (Å²) in [6.07, 6.45) is 1.53. The van der Waals surface area contributed by atoms with Gasteiger partial charge in [0.25, 0.3) is 0 Å². The third kappa shape index (κ3) is 9.85. The first-order valence-electron chi connectivity index (χ1n) is 4.64. The van der Waals surface area contributed by atoms with Gasteiger partial charge in [0.05, 0.1) is 6.67 Å². The van der Waals surface area contributed by atoms with Gasteiger partial charge in [0, 0.05) is 19.3 Å². The number of halogens is 1. The second-order valence-electron chi connectivity index (χ2n) is 3.12. The smallest absolute Gasteiger partial charge is 0.0916 e. The van der Waals surface area contributed by atoms with Crippen LogP contribution in [0, 0.1) is 0 Å². The largest absolute Gasteiger partial charge is 0.381 e. The predicted octanol–water partition coefficient (Wildman–Crippen LogP) is 1.75. The van der Waals surface area contributed by atoms with Gasteiger partial charge in [0.1, 0.15) is 0 Å². The van der Waals surface area contributed by atoms with E-state index in [0.29, 0.717) is 19.1 Å². The summed E-state index contributed by atoms with van der Waals surface area (Å²) in [5.74, 6) is 0. The fourth-order valence-corrected chi connectivity index (χ4v) is 0.824. The lowest BCUT2D eigenvalue weighted by molar-refractivity contribution is 0.124. The molecule has 0 fully saturated rings. The summed E-state index contributed by atoms with van der Waals surface area (Å²) in [6, 6.07) is 0.538. The minimum absolute atomic E-state index is 0.274. The molecule has 0 atom stereocenters. The number of hydrogen-bond donors (Lipinski definition) is 1. The molecule has 0 radical (unpaired) electrons. The SMILES string of the molecule is CC(C)NCCCOCCCF. The molecule has 0 saturated carbocycles. The Kier molecular flexibility index (Phi) is 8.83. The molecule has 0 aromatic rings. The van der Waals surface area contributed by atoms with Crippen LogP contribution in [0.15, 0.2) is 0 Å². The van der Waals surface area contributed by atoms with Crippen molar-refractivity contribution in [2.24, 2.45) is 0 Å². The highest BCUT2D eigenvalue weighted by Crippen LogP contribution is 1.86. The predicted molar refractivity (Wildman–Crippen MR) is 49.2 cm³/mol. The maximum atomic E-state index is 11.6. The zero-order valence-corrected chi connectivity index (χ0v) is 8.11. The summed E-state index contributed by atoms with van der Waals surface area (Å²) < 4.78 is 16.8. The van der Waals surface area contributed by atoms with Crippen molar-refractivity contribution in [1.82, 2.24) is 5.32 Å². The fourth-order valence-electron chi connectivity index (χ4n) is 0.824. The van der Waals surface area contributed by atoms with Crippen molar-refractivity contribution in [3.63, 3.8) is 0 Å². The Morgan fingerprint density at radius 2 is 1.92 bits per heavy atom. The van der Waals surface area contributed by atoms with Gasteiger partial charge in [-0.3, -0.25) is 4.39 Å². The number of nitrogens with one attached hydrogen (secondary N) is 1. The third-order valence-corrected chi connectivity index (χ3v) is 1.44. The molecule has 12 heavy (non-hydrogen) atoms. The number of ether oxygens (including phenoxy) is 1. The van der Waals surface area contributed by atoms with E-state index in [4.69, 9.17) is 4.74 Å². The van der Waals surface area contributed by atoms with Crippen LogP contribution in [0.5, 0.6) is 0 Å². The van der Waals surface area contributed by atoms with E-state index in [2.05, 4.69) is 19.2 Å². The Bertz CT molecular complexity index is 88.6. The Hall–Kier alpha value is -0.150. The average molecular weight is 177 g/mol. The monoisotopic (exact) mass is 177 g/mol. The zero-order valence-electron chi connectivity index (χ0n) is 8.11. The van der Waals surface area contributed by atoms with Crippen LogP contribution >= 0.6 is 0 Å². The molecule has 0 aliphatic heterocycles. The summed E-state index contributed by atoms with van der Waals surface area (Å²) in [6.45, 7) is 6.23. The van der Waals surface area contributed by atoms with E-state index in [1.807, 2.05) is 0 Å². The molecule has 1 N–H and O–H groups in total. The van der Waals surface area contributed by atoms with Crippen molar-refractivity contribution < 1.29 is 9.13 Å². The van der Waals surface area contributed by atoms with Gasteiger partial charge in [-0.2, -0.15) is 0 Å². The Labute approximate surface area is 74.5 Å². The van der Waals surface area contributed by atoms with E-state index < -0.39 is 0 Å². The van der Waals surface area contributed by atoms with Crippen LogP contribution < -0.4 is 5.32 Å².